The molecule has 0 bridgehead atoms. The van der Waals surface area contributed by atoms with Gasteiger partial charge in [-0.1, -0.05) is 65.4 Å². The Hall–Kier alpha value is -2.44. The van der Waals surface area contributed by atoms with E-state index in [0.29, 0.717) is 15.3 Å². The number of halogens is 1. The molecule has 2 N–H and O–H groups in total. The summed E-state index contributed by atoms with van der Waals surface area (Å²) in [5.74, 6) is 0. The van der Waals surface area contributed by atoms with E-state index < -0.39 is 0 Å². The summed E-state index contributed by atoms with van der Waals surface area (Å²) in [7, 11) is 0. The van der Waals surface area contributed by atoms with Crippen molar-refractivity contribution in [3.8, 4) is 0 Å². The number of nitrogens with one attached hydrogen (secondary N) is 2. The van der Waals surface area contributed by atoms with Gasteiger partial charge in [0, 0.05) is 0 Å². The second kappa shape index (κ2) is 7.21. The van der Waals surface area contributed by atoms with Crippen LogP contribution in [0.1, 0.15) is 12.5 Å². The molecule has 1 heterocycles. The highest BCUT2D eigenvalue weighted by atomic mass is 35.5. The van der Waals surface area contributed by atoms with E-state index in [0.717, 1.165) is 17.0 Å². The summed E-state index contributed by atoms with van der Waals surface area (Å²) in [5, 5.41) is 17.5. The maximum Gasteiger partial charge on any atom is 0.227 e. The molecular weight excluding hydrogens is 330 g/mol. The summed E-state index contributed by atoms with van der Waals surface area (Å²) in [5.41, 5.74) is 5.65. The van der Waals surface area contributed by atoms with Gasteiger partial charge in [0.05, 0.1) is 16.4 Å². The van der Waals surface area contributed by atoms with E-state index in [4.69, 9.17) is 11.6 Å². The van der Waals surface area contributed by atoms with Crippen LogP contribution in [-0.4, -0.2) is 15.9 Å². The zero-order valence-corrected chi connectivity index (χ0v) is 13.9. The molecule has 0 fully saturated rings. The van der Waals surface area contributed by atoms with E-state index in [1.54, 1.807) is 0 Å². The Labute approximate surface area is 143 Å². The van der Waals surface area contributed by atoms with Gasteiger partial charge in [-0.25, -0.2) is 0 Å². The smallest absolute Gasteiger partial charge is 0.227 e. The third-order valence-electron chi connectivity index (χ3n) is 3.05. The third-order valence-corrected chi connectivity index (χ3v) is 4.12. The standard InChI is InChI=1S/C16H14ClN5S/c1-11(12-7-3-2-4-8-12)19-21-16-22-20-15(23-16)18-14-10-6-5-9-13(14)17/h2-10H,1H3,(H,18,20)(H,21,22)/b19-11+. The predicted molar refractivity (Wildman–Crippen MR) is 96.9 cm³/mol. The van der Waals surface area contributed by atoms with Gasteiger partial charge in [-0.15, -0.1) is 10.2 Å². The average Bonchev–Trinajstić information content (AvgIpc) is 3.03. The van der Waals surface area contributed by atoms with Crippen molar-refractivity contribution in [2.75, 3.05) is 10.7 Å². The van der Waals surface area contributed by atoms with Gasteiger partial charge >= 0.3 is 0 Å². The van der Waals surface area contributed by atoms with Gasteiger partial charge in [-0.05, 0) is 24.6 Å². The minimum atomic E-state index is 0.606. The zero-order chi connectivity index (χ0) is 16.1. The third kappa shape index (κ3) is 4.06. The highest BCUT2D eigenvalue weighted by Gasteiger charge is 2.06. The van der Waals surface area contributed by atoms with Crippen LogP contribution in [0.25, 0.3) is 0 Å². The molecule has 2 aromatic carbocycles. The lowest BCUT2D eigenvalue weighted by atomic mass is 10.1. The number of hydrogen-bond acceptors (Lipinski definition) is 6. The SMILES string of the molecule is C/C(=N\Nc1nnc(Nc2ccccc2Cl)s1)c1ccccc1. The molecule has 3 rings (SSSR count). The molecule has 3 aromatic rings. The van der Waals surface area contributed by atoms with Crippen molar-refractivity contribution in [3.63, 3.8) is 0 Å². The predicted octanol–water partition coefficient (Wildman–Crippen LogP) is 4.77. The number of nitrogens with zero attached hydrogens (tertiary/aromatic N) is 3. The maximum atomic E-state index is 6.11. The van der Waals surface area contributed by atoms with Crippen molar-refractivity contribution >= 4 is 44.6 Å². The van der Waals surface area contributed by atoms with Gasteiger partial charge in [0.15, 0.2) is 0 Å². The fourth-order valence-corrected chi connectivity index (χ4v) is 2.65. The van der Waals surface area contributed by atoms with E-state index in [2.05, 4.69) is 26.0 Å². The van der Waals surface area contributed by atoms with E-state index in [9.17, 15) is 0 Å². The lowest BCUT2D eigenvalue weighted by Crippen LogP contribution is -1.98. The van der Waals surface area contributed by atoms with Gasteiger partial charge in [0.2, 0.25) is 10.3 Å². The highest BCUT2D eigenvalue weighted by Crippen LogP contribution is 2.28. The monoisotopic (exact) mass is 343 g/mol. The summed E-state index contributed by atoms with van der Waals surface area (Å²) in [6.07, 6.45) is 0. The van der Waals surface area contributed by atoms with Crippen molar-refractivity contribution in [3.05, 3.63) is 65.2 Å². The molecule has 0 aliphatic carbocycles. The Balaban J connectivity index is 1.67. The number of benzene rings is 2. The first-order valence-electron chi connectivity index (χ1n) is 6.93. The first kappa shape index (κ1) is 15.5. The Morgan fingerprint density at radius 2 is 1.70 bits per heavy atom. The molecule has 0 aliphatic heterocycles. The molecule has 7 heteroatoms. The molecule has 0 saturated heterocycles. The van der Waals surface area contributed by atoms with Gasteiger partial charge in [0.1, 0.15) is 0 Å². The van der Waals surface area contributed by atoms with E-state index in [1.807, 2.05) is 61.5 Å². The first-order valence-corrected chi connectivity index (χ1v) is 8.12. The first-order chi connectivity index (χ1) is 11.2. The van der Waals surface area contributed by atoms with Crippen molar-refractivity contribution in [1.82, 2.24) is 10.2 Å². The summed E-state index contributed by atoms with van der Waals surface area (Å²) in [6, 6.07) is 17.4. The molecule has 116 valence electrons. The molecule has 0 spiro atoms. The molecule has 5 nitrogen and oxygen atoms in total. The summed E-state index contributed by atoms with van der Waals surface area (Å²) in [6.45, 7) is 1.94. The Kier molecular flexibility index (Phi) is 4.85. The maximum absolute atomic E-state index is 6.11. The van der Waals surface area contributed by atoms with E-state index >= 15 is 0 Å². The fraction of sp³-hybridized carbons (Fsp3) is 0.0625. The summed E-state index contributed by atoms with van der Waals surface area (Å²) in [4.78, 5) is 0. The quantitative estimate of drug-likeness (QED) is 0.517. The molecule has 0 unspecified atom stereocenters. The van der Waals surface area contributed by atoms with Gasteiger partial charge in [-0.2, -0.15) is 5.10 Å². The van der Waals surface area contributed by atoms with Crippen LogP contribution in [0, 0.1) is 0 Å². The fourth-order valence-electron chi connectivity index (χ4n) is 1.87. The number of aromatic nitrogens is 2. The lowest BCUT2D eigenvalue weighted by Gasteiger charge is -2.03. The number of anilines is 3. The van der Waals surface area contributed by atoms with Crippen molar-refractivity contribution < 1.29 is 0 Å². The molecule has 0 radical (unpaired) electrons. The van der Waals surface area contributed by atoms with E-state index in [-0.39, 0.29) is 0 Å². The van der Waals surface area contributed by atoms with Crippen LogP contribution >= 0.6 is 22.9 Å². The normalized spacial score (nSPS) is 11.3. The van der Waals surface area contributed by atoms with Crippen LogP contribution in [0.4, 0.5) is 16.0 Å². The molecule has 0 atom stereocenters. The highest BCUT2D eigenvalue weighted by molar-refractivity contribution is 7.19. The zero-order valence-electron chi connectivity index (χ0n) is 12.3. The Morgan fingerprint density at radius 1 is 1.00 bits per heavy atom. The van der Waals surface area contributed by atoms with Gasteiger partial charge < -0.3 is 5.32 Å². The minimum absolute atomic E-state index is 0.606. The van der Waals surface area contributed by atoms with E-state index in [1.165, 1.54) is 11.3 Å². The number of para-hydroxylation sites is 1. The second-order valence-electron chi connectivity index (χ2n) is 4.69. The Morgan fingerprint density at radius 3 is 2.48 bits per heavy atom. The molecule has 0 aliphatic rings. The molecule has 23 heavy (non-hydrogen) atoms. The van der Waals surface area contributed by atoms with Crippen LogP contribution in [0.15, 0.2) is 59.7 Å². The van der Waals surface area contributed by atoms with Gasteiger partial charge in [0.25, 0.3) is 0 Å². The van der Waals surface area contributed by atoms with Crippen LogP contribution in [0.2, 0.25) is 5.02 Å². The van der Waals surface area contributed by atoms with Crippen LogP contribution in [0.5, 0.6) is 0 Å². The minimum Gasteiger partial charge on any atom is -0.329 e. The van der Waals surface area contributed by atoms with Crippen LogP contribution < -0.4 is 10.7 Å². The average molecular weight is 344 g/mol. The number of hydrogen-bond donors (Lipinski definition) is 2. The van der Waals surface area contributed by atoms with Crippen LogP contribution in [0.3, 0.4) is 0 Å². The lowest BCUT2D eigenvalue weighted by molar-refractivity contribution is 1.08. The van der Waals surface area contributed by atoms with Crippen molar-refractivity contribution in [2.24, 2.45) is 5.10 Å². The second-order valence-corrected chi connectivity index (χ2v) is 6.08. The number of rotatable bonds is 5. The molecule has 0 saturated carbocycles. The molecule has 1 aromatic heterocycles. The topological polar surface area (TPSA) is 62.2 Å². The van der Waals surface area contributed by atoms with Crippen molar-refractivity contribution in [1.29, 1.82) is 0 Å². The van der Waals surface area contributed by atoms with Crippen LogP contribution in [-0.2, 0) is 0 Å². The molecule has 0 amide bonds. The van der Waals surface area contributed by atoms with Crippen molar-refractivity contribution in [2.45, 2.75) is 6.92 Å². The largest absolute Gasteiger partial charge is 0.329 e. The molecular formula is C16H14ClN5S. The number of hydrazone groups is 1. The summed E-state index contributed by atoms with van der Waals surface area (Å²) >= 11 is 7.47. The summed E-state index contributed by atoms with van der Waals surface area (Å²) < 4.78 is 0. The van der Waals surface area contributed by atoms with Gasteiger partial charge in [-0.3, -0.25) is 5.43 Å². The Bertz CT molecular complexity index is 816.